The molecule has 0 saturated carbocycles. The van der Waals surface area contributed by atoms with E-state index in [4.69, 9.17) is 124 Å². The van der Waals surface area contributed by atoms with Crippen LogP contribution in [0, 0.1) is 0 Å². The first-order valence-corrected chi connectivity index (χ1v) is 31.6. The highest BCUT2D eigenvalue weighted by atomic mass is 16.8. The third kappa shape index (κ3) is 21.9. The Labute approximate surface area is 596 Å². The van der Waals surface area contributed by atoms with E-state index in [1.807, 2.05) is 0 Å². The Hall–Kier alpha value is -8.76. The second-order valence-corrected chi connectivity index (χ2v) is 25.4. The molecule has 0 aliphatic carbocycles. The minimum Gasteiger partial charge on any atom is -0.505 e. The van der Waals surface area contributed by atoms with Gasteiger partial charge in [0.2, 0.25) is 46.1 Å². The van der Waals surface area contributed by atoms with E-state index < -0.39 is 224 Å². The standard InChI is InChI=1S/2C10H14O5.C9H12O6.5C7H10O5/c2*1-5-7(11)9(12)14-8(5)6-4-13-10(2,3)15-6;1-9(2)13-3-4(15-9)7-5(10)6(11)8(12)14-7;5*1-3-5(10)7(11)12-6(3)4(9)2-8/h2*6,8,11H,4H2,1-3H3;4,7,10-11H,3H2,1-2H3;5*4,6,8-10H,2H2,1H3. The van der Waals surface area contributed by atoms with Crippen LogP contribution in [0.1, 0.15) is 90.0 Å². The summed E-state index contributed by atoms with van der Waals surface area (Å²) in [6.07, 6.45) is -13.7. The molecule has 11 heterocycles. The third-order valence-corrected chi connectivity index (χ3v) is 16.3. The van der Waals surface area contributed by atoms with Gasteiger partial charge >= 0.3 is 47.8 Å². The van der Waals surface area contributed by atoms with Gasteiger partial charge in [-0.1, -0.05) is 0 Å². The quantitative estimate of drug-likeness (QED) is 0.0679. The Kier molecular flexibility index (Phi) is 31.2. The highest BCUT2D eigenvalue weighted by Gasteiger charge is 2.49. The predicted octanol–water partition coefficient (Wildman–Crippen LogP) is -2.33. The van der Waals surface area contributed by atoms with E-state index in [0.717, 1.165) is 0 Å². The fourth-order valence-electron chi connectivity index (χ4n) is 10.2. The Bertz CT molecular complexity index is 3040. The van der Waals surface area contributed by atoms with Crippen molar-refractivity contribution in [3.8, 4) is 0 Å². The van der Waals surface area contributed by atoms with Crippen molar-refractivity contribution >= 4 is 47.8 Å². The molecule has 3 fully saturated rings. The van der Waals surface area contributed by atoms with Crippen LogP contribution in [0.3, 0.4) is 0 Å². The molecule has 0 bridgehead atoms. The van der Waals surface area contributed by atoms with Crippen molar-refractivity contribution in [2.24, 2.45) is 0 Å². The number of aliphatic hydroxyl groups excluding tert-OH is 19. The van der Waals surface area contributed by atoms with Gasteiger partial charge < -0.3 is 163 Å². The third-order valence-electron chi connectivity index (χ3n) is 16.3. The summed E-state index contributed by atoms with van der Waals surface area (Å²) in [5.74, 6) is -13.0. The van der Waals surface area contributed by atoms with Crippen molar-refractivity contribution in [2.45, 2.75) is 205 Å². The van der Waals surface area contributed by atoms with E-state index in [1.165, 1.54) is 34.6 Å². The molecule has 41 nitrogen and oxygen atoms in total. The van der Waals surface area contributed by atoms with Crippen molar-refractivity contribution in [2.75, 3.05) is 52.9 Å². The Morgan fingerprint density at radius 3 is 0.590 bits per heavy atom. The van der Waals surface area contributed by atoms with Crippen LogP contribution in [-0.2, 0) is 105 Å². The van der Waals surface area contributed by atoms with Crippen LogP contribution in [0.2, 0.25) is 0 Å². The van der Waals surface area contributed by atoms with Crippen molar-refractivity contribution in [3.05, 3.63) is 90.8 Å². The fourth-order valence-corrected chi connectivity index (χ4v) is 10.2. The Morgan fingerprint density at radius 2 is 0.457 bits per heavy atom. The maximum Gasteiger partial charge on any atom is 0.377 e. The van der Waals surface area contributed by atoms with E-state index in [-0.39, 0.29) is 58.2 Å². The molecule has 3 saturated heterocycles. The second-order valence-electron chi connectivity index (χ2n) is 25.4. The maximum atomic E-state index is 11.1. The van der Waals surface area contributed by atoms with Crippen molar-refractivity contribution < 1.29 is 202 Å². The van der Waals surface area contributed by atoms with Crippen LogP contribution in [-0.4, -0.2) is 313 Å². The van der Waals surface area contributed by atoms with E-state index in [9.17, 15) is 53.7 Å². The first kappa shape index (κ1) is 88.6. The molecule has 16 atom stereocenters. The molecule has 16 unspecified atom stereocenters. The molecule has 0 aromatic carbocycles. The summed E-state index contributed by atoms with van der Waals surface area (Å²) in [7, 11) is 0. The fraction of sp³-hybridized carbons (Fsp3) is 0.625. The Balaban J connectivity index is 0.000000255. The smallest absolute Gasteiger partial charge is 0.377 e. The zero-order valence-corrected chi connectivity index (χ0v) is 58.9. The number of ether oxygens (including phenoxy) is 14. The van der Waals surface area contributed by atoms with Crippen LogP contribution in [0.5, 0.6) is 0 Å². The minimum atomic E-state index is -1.17. The molecular weight excluding hydrogens is 1420 g/mol. The number of carbonyl (C=O) groups excluding carboxylic acids is 8. The number of aliphatic hydroxyl groups is 19. The van der Waals surface area contributed by atoms with Crippen molar-refractivity contribution in [1.29, 1.82) is 0 Å². The molecule has 0 spiro atoms. The molecule has 0 radical (unpaired) electrons. The molecule has 41 heteroatoms. The lowest BCUT2D eigenvalue weighted by Crippen LogP contribution is -2.32. The average Bonchev–Trinajstić information content (AvgIpc) is 1.62. The zero-order valence-electron chi connectivity index (χ0n) is 58.9. The second kappa shape index (κ2) is 37.0. The largest absolute Gasteiger partial charge is 0.505 e. The maximum absolute atomic E-state index is 11.1. The number of hydrogen-bond donors (Lipinski definition) is 19. The van der Waals surface area contributed by atoms with Gasteiger partial charge in [-0.25, -0.2) is 38.4 Å². The topological polar surface area (TPSA) is 650 Å². The lowest BCUT2D eigenvalue weighted by molar-refractivity contribution is -0.163. The summed E-state index contributed by atoms with van der Waals surface area (Å²) >= 11 is 0. The molecular formula is C64H90O41. The summed E-state index contributed by atoms with van der Waals surface area (Å²) < 4.78 is 70.1. The lowest BCUT2D eigenvalue weighted by atomic mass is 10.1. The van der Waals surface area contributed by atoms with Gasteiger partial charge in [-0.15, -0.1) is 0 Å². The van der Waals surface area contributed by atoms with Gasteiger partial charge in [0.15, 0.2) is 72.0 Å². The summed E-state index contributed by atoms with van der Waals surface area (Å²) in [6, 6.07) is 0. The Morgan fingerprint density at radius 1 is 0.286 bits per heavy atom. The van der Waals surface area contributed by atoms with E-state index in [1.54, 1.807) is 55.4 Å². The van der Waals surface area contributed by atoms with Crippen molar-refractivity contribution in [1.82, 2.24) is 0 Å². The van der Waals surface area contributed by atoms with Crippen LogP contribution in [0.15, 0.2) is 90.8 Å². The number of hydrogen-bond acceptors (Lipinski definition) is 41. The number of carbonyl (C=O) groups is 8. The van der Waals surface area contributed by atoms with Gasteiger partial charge in [0.05, 0.1) is 52.9 Å². The highest BCUT2D eigenvalue weighted by molar-refractivity contribution is 5.93. The van der Waals surface area contributed by atoms with Gasteiger partial charge in [-0.2, -0.15) is 0 Å². The van der Waals surface area contributed by atoms with Crippen molar-refractivity contribution in [3.63, 3.8) is 0 Å². The minimum absolute atomic E-state index is 0.197. The van der Waals surface area contributed by atoms with Crippen LogP contribution < -0.4 is 0 Å². The molecule has 11 aliphatic rings. The normalized spacial score (nSPS) is 29.7. The van der Waals surface area contributed by atoms with Crippen LogP contribution in [0.4, 0.5) is 0 Å². The van der Waals surface area contributed by atoms with Gasteiger partial charge in [0, 0.05) is 39.0 Å². The van der Waals surface area contributed by atoms with Gasteiger partial charge in [-0.3, -0.25) is 0 Å². The number of rotatable bonds is 13. The van der Waals surface area contributed by atoms with Gasteiger partial charge in [0.1, 0.15) is 48.8 Å². The summed E-state index contributed by atoms with van der Waals surface area (Å²) in [5, 5.41) is 170. The highest BCUT2D eigenvalue weighted by Crippen LogP contribution is 2.36. The average molecular weight is 1520 g/mol. The molecule has 0 aromatic rings. The van der Waals surface area contributed by atoms with Crippen LogP contribution >= 0.6 is 0 Å². The zero-order chi connectivity index (χ0) is 80.2. The molecule has 0 amide bonds. The molecule has 105 heavy (non-hydrogen) atoms. The SMILES string of the molecule is CC1(C)OCC(C2OC(=O)C(O)=C2O)O1.CC1=C(O)C(=O)OC1C(O)CO.CC1=C(O)C(=O)OC1C(O)CO.CC1=C(O)C(=O)OC1C(O)CO.CC1=C(O)C(=O)OC1C(O)CO.CC1=C(O)C(=O)OC1C(O)CO.CC1=C(O)C(=O)OC1C1COC(C)(C)O1.CC1=C(O)C(=O)OC1C1COC(C)(C)O1. The van der Waals surface area contributed by atoms with Crippen LogP contribution in [0.25, 0.3) is 0 Å². The van der Waals surface area contributed by atoms with E-state index >= 15 is 0 Å². The molecule has 592 valence electrons. The molecule has 0 aromatic heterocycles. The monoisotopic (exact) mass is 1510 g/mol. The van der Waals surface area contributed by atoms with Gasteiger partial charge in [-0.05, 0) is 90.0 Å². The summed E-state index contributed by atoms with van der Waals surface area (Å²) in [6.45, 7) is 19.6. The number of esters is 8. The first-order valence-electron chi connectivity index (χ1n) is 31.6. The van der Waals surface area contributed by atoms with E-state index in [2.05, 4.69) is 23.7 Å². The summed E-state index contributed by atoms with van der Waals surface area (Å²) in [5.41, 5.74) is 2.27. The predicted molar refractivity (Wildman–Crippen MR) is 339 cm³/mol. The van der Waals surface area contributed by atoms with E-state index in [0.29, 0.717) is 24.4 Å². The lowest BCUT2D eigenvalue weighted by Gasteiger charge is -2.20. The first-order chi connectivity index (χ1) is 48.6. The molecule has 11 rings (SSSR count). The molecule has 11 aliphatic heterocycles. The van der Waals surface area contributed by atoms with Gasteiger partial charge in [0.25, 0.3) is 0 Å². The number of cyclic esters (lactones) is 8. The molecule has 19 N–H and O–H groups in total. The summed E-state index contributed by atoms with van der Waals surface area (Å²) in [4.78, 5) is 86.6.